The minimum absolute atomic E-state index is 1.00. The zero-order valence-corrected chi connectivity index (χ0v) is 35.6. The molecule has 0 saturated carbocycles. The summed E-state index contributed by atoms with van der Waals surface area (Å²) in [5, 5.41) is 8.70. The number of para-hydroxylation sites is 1. The summed E-state index contributed by atoms with van der Waals surface area (Å²) in [5.41, 5.74) is 16.2. The molecule has 10 aromatic carbocycles. The Morgan fingerprint density at radius 3 is 1.34 bits per heavy atom. The second kappa shape index (κ2) is 14.8. The first kappa shape index (κ1) is 36.5. The van der Waals surface area contributed by atoms with Gasteiger partial charge in [0.15, 0.2) is 0 Å². The third-order valence-corrected chi connectivity index (χ3v) is 14.2. The molecular formula is C61H38N2S. The molecule has 0 aliphatic heterocycles. The van der Waals surface area contributed by atoms with Gasteiger partial charge in [0.05, 0.1) is 22.2 Å². The molecule has 0 saturated heterocycles. The first-order valence-corrected chi connectivity index (χ1v) is 22.7. The molecule has 0 atom stereocenters. The van der Waals surface area contributed by atoms with Gasteiger partial charge in [-0.25, -0.2) is 4.98 Å². The van der Waals surface area contributed by atoms with E-state index in [1.165, 1.54) is 103 Å². The molecule has 64 heavy (non-hydrogen) atoms. The van der Waals surface area contributed by atoms with E-state index in [4.69, 9.17) is 4.98 Å². The molecule has 0 aliphatic carbocycles. The number of thiophene rings is 1. The Labute approximate surface area is 374 Å². The van der Waals surface area contributed by atoms with Crippen molar-refractivity contribution in [2.24, 2.45) is 0 Å². The minimum Gasteiger partial charge on any atom is -0.309 e. The lowest BCUT2D eigenvalue weighted by molar-refractivity contribution is 1.18. The third kappa shape index (κ3) is 5.97. The largest absolute Gasteiger partial charge is 0.309 e. The average molecular weight is 831 g/mol. The molecule has 3 heteroatoms. The highest BCUT2D eigenvalue weighted by molar-refractivity contribution is 7.26. The molecule has 0 bridgehead atoms. The van der Waals surface area contributed by atoms with Crippen LogP contribution in [0.15, 0.2) is 231 Å². The fraction of sp³-hybridized carbons (Fsp3) is 0. The summed E-state index contributed by atoms with van der Waals surface area (Å²) in [6.45, 7) is 0. The lowest BCUT2D eigenvalue weighted by Gasteiger charge is -2.13. The summed E-state index contributed by atoms with van der Waals surface area (Å²) in [5.74, 6) is 0. The molecule has 298 valence electrons. The Bertz CT molecular complexity index is 3760. The highest BCUT2D eigenvalue weighted by Crippen LogP contribution is 2.44. The van der Waals surface area contributed by atoms with Crippen LogP contribution in [0.3, 0.4) is 0 Å². The van der Waals surface area contributed by atoms with Gasteiger partial charge in [-0.2, -0.15) is 0 Å². The SMILES string of the molecule is c1ccc(-c2ccc(-c3ccc4c5ccc(-c6ccc(-c7ccccc7)cc6)cc5n(-c5ccc(-c6nc7ccccc7c7c6ccc6c8ccccc8sc67)cc5)c4c3)cc2)cc1. The van der Waals surface area contributed by atoms with Crippen LogP contribution in [0.25, 0.3) is 125 Å². The molecule has 0 fully saturated rings. The fourth-order valence-electron chi connectivity index (χ4n) is 9.83. The van der Waals surface area contributed by atoms with Crippen molar-refractivity contribution in [3.8, 4) is 61.5 Å². The summed E-state index contributed by atoms with van der Waals surface area (Å²) < 4.78 is 5.07. The van der Waals surface area contributed by atoms with Crippen molar-refractivity contribution in [2.75, 3.05) is 0 Å². The molecule has 0 radical (unpaired) electrons. The number of nitrogens with zero attached hydrogens (tertiary/aromatic N) is 2. The number of hydrogen-bond acceptors (Lipinski definition) is 2. The van der Waals surface area contributed by atoms with Crippen molar-refractivity contribution in [3.63, 3.8) is 0 Å². The Hall–Kier alpha value is -8.11. The normalized spacial score (nSPS) is 11.8. The second-order valence-electron chi connectivity index (χ2n) is 16.7. The van der Waals surface area contributed by atoms with E-state index in [-0.39, 0.29) is 0 Å². The molecule has 3 aromatic heterocycles. The highest BCUT2D eigenvalue weighted by atomic mass is 32.1. The maximum absolute atomic E-state index is 5.37. The standard InChI is InChI=1S/C61H38N2S/c1-3-11-39(12-4-1)41-19-23-43(24-20-41)46-29-33-49-50-34-30-47(44-25-21-42(22-26-44)40-13-5-2-6-14-40)38-57(50)63(56(49)37-46)48-31-27-45(28-32-48)60-54-36-35-52-51-15-8-10-18-58(51)64-61(52)59(54)53-16-7-9-17-55(53)62-60/h1-38H. The predicted octanol–water partition coefficient (Wildman–Crippen LogP) is 17.2. The third-order valence-electron chi connectivity index (χ3n) is 13.0. The van der Waals surface area contributed by atoms with Crippen LogP contribution in [0.5, 0.6) is 0 Å². The Kier molecular flexibility index (Phi) is 8.43. The van der Waals surface area contributed by atoms with Gasteiger partial charge in [0.2, 0.25) is 0 Å². The summed E-state index contributed by atoms with van der Waals surface area (Å²) in [4.78, 5) is 5.37. The van der Waals surface area contributed by atoms with Gasteiger partial charge >= 0.3 is 0 Å². The van der Waals surface area contributed by atoms with Gasteiger partial charge in [-0.15, -0.1) is 11.3 Å². The predicted molar refractivity (Wildman–Crippen MR) is 274 cm³/mol. The van der Waals surface area contributed by atoms with Crippen molar-refractivity contribution in [2.45, 2.75) is 0 Å². The van der Waals surface area contributed by atoms with E-state index in [1.54, 1.807) is 0 Å². The van der Waals surface area contributed by atoms with E-state index in [0.717, 1.165) is 22.5 Å². The summed E-state index contributed by atoms with van der Waals surface area (Å²) in [7, 11) is 0. The Morgan fingerprint density at radius 1 is 0.312 bits per heavy atom. The first-order valence-electron chi connectivity index (χ1n) is 21.9. The topological polar surface area (TPSA) is 17.8 Å². The molecule has 13 aromatic rings. The maximum Gasteiger partial charge on any atom is 0.0788 e. The molecule has 13 rings (SSSR count). The van der Waals surface area contributed by atoms with Gasteiger partial charge in [-0.3, -0.25) is 0 Å². The van der Waals surface area contributed by atoms with Crippen molar-refractivity contribution in [1.29, 1.82) is 0 Å². The van der Waals surface area contributed by atoms with Gasteiger partial charge in [0.25, 0.3) is 0 Å². The molecule has 3 heterocycles. The van der Waals surface area contributed by atoms with Crippen molar-refractivity contribution < 1.29 is 0 Å². The van der Waals surface area contributed by atoms with Crippen molar-refractivity contribution in [3.05, 3.63) is 231 Å². The number of fused-ring (bicyclic) bond motifs is 10. The number of hydrogen-bond donors (Lipinski definition) is 0. The van der Waals surface area contributed by atoms with Crippen LogP contribution in [-0.4, -0.2) is 9.55 Å². The molecule has 0 amide bonds. The molecule has 0 N–H and O–H groups in total. The van der Waals surface area contributed by atoms with E-state index < -0.39 is 0 Å². The van der Waals surface area contributed by atoms with E-state index >= 15 is 0 Å². The van der Waals surface area contributed by atoms with Crippen molar-refractivity contribution in [1.82, 2.24) is 9.55 Å². The number of aromatic nitrogens is 2. The molecule has 0 unspecified atom stereocenters. The average Bonchev–Trinajstić information content (AvgIpc) is 3.92. The summed E-state index contributed by atoms with van der Waals surface area (Å²) in [6.07, 6.45) is 0. The van der Waals surface area contributed by atoms with Crippen LogP contribution < -0.4 is 0 Å². The molecule has 0 aliphatic rings. The maximum atomic E-state index is 5.37. The summed E-state index contributed by atoms with van der Waals surface area (Å²) >= 11 is 1.88. The second-order valence-corrected chi connectivity index (χ2v) is 17.7. The Balaban J connectivity index is 0.971. The van der Waals surface area contributed by atoms with Gasteiger partial charge in [-0.05, 0) is 80.9 Å². The van der Waals surface area contributed by atoms with Crippen LogP contribution in [-0.2, 0) is 0 Å². The monoisotopic (exact) mass is 830 g/mol. The van der Waals surface area contributed by atoms with Crippen molar-refractivity contribution >= 4 is 75.0 Å². The lowest BCUT2D eigenvalue weighted by Crippen LogP contribution is -1.95. The molecular weight excluding hydrogens is 793 g/mol. The van der Waals surface area contributed by atoms with Crippen LogP contribution in [0.4, 0.5) is 0 Å². The van der Waals surface area contributed by atoms with Crippen LogP contribution >= 0.6 is 11.3 Å². The number of pyridine rings is 1. The summed E-state index contributed by atoms with van der Waals surface area (Å²) in [6, 6.07) is 84.0. The van der Waals surface area contributed by atoms with Crippen LogP contribution in [0.2, 0.25) is 0 Å². The van der Waals surface area contributed by atoms with E-state index in [9.17, 15) is 0 Å². The van der Waals surface area contributed by atoms with Gasteiger partial charge < -0.3 is 4.57 Å². The van der Waals surface area contributed by atoms with Crippen LogP contribution in [0.1, 0.15) is 0 Å². The number of benzene rings is 10. The van der Waals surface area contributed by atoms with Gasteiger partial charge in [0.1, 0.15) is 0 Å². The van der Waals surface area contributed by atoms with E-state index in [2.05, 4.69) is 235 Å². The highest BCUT2D eigenvalue weighted by Gasteiger charge is 2.18. The van der Waals surface area contributed by atoms with Gasteiger partial charge in [0, 0.05) is 58.4 Å². The Morgan fingerprint density at radius 2 is 0.750 bits per heavy atom. The van der Waals surface area contributed by atoms with E-state index in [0.29, 0.717) is 0 Å². The quantitative estimate of drug-likeness (QED) is 0.153. The number of rotatable bonds is 6. The fourth-order valence-corrected chi connectivity index (χ4v) is 11.1. The zero-order valence-electron chi connectivity index (χ0n) is 34.7. The zero-order chi connectivity index (χ0) is 42.1. The lowest BCUT2D eigenvalue weighted by atomic mass is 9.98. The van der Waals surface area contributed by atoms with E-state index in [1.807, 2.05) is 11.3 Å². The first-order chi connectivity index (χ1) is 31.7. The van der Waals surface area contributed by atoms with Gasteiger partial charge in [-0.1, -0.05) is 194 Å². The molecule has 2 nitrogen and oxygen atoms in total. The van der Waals surface area contributed by atoms with Crippen LogP contribution in [0, 0.1) is 0 Å². The minimum atomic E-state index is 1.00. The molecule has 0 spiro atoms. The smallest absolute Gasteiger partial charge is 0.0788 e.